The summed E-state index contributed by atoms with van der Waals surface area (Å²) in [5, 5.41) is 5.68. The number of aromatic nitrogens is 2. The van der Waals surface area contributed by atoms with Crippen molar-refractivity contribution in [3.05, 3.63) is 24.4 Å². The third-order valence-corrected chi connectivity index (χ3v) is 3.82. The third kappa shape index (κ3) is 2.14. The SMILES string of the molecule is Nc1ccc2cnn(CC3CCCCC3)c2c1. The van der Waals surface area contributed by atoms with Gasteiger partial charge in [0.2, 0.25) is 0 Å². The van der Waals surface area contributed by atoms with Crippen molar-refractivity contribution in [2.45, 2.75) is 38.6 Å². The van der Waals surface area contributed by atoms with E-state index < -0.39 is 0 Å². The predicted molar refractivity (Wildman–Crippen MR) is 70.7 cm³/mol. The number of anilines is 1. The van der Waals surface area contributed by atoms with E-state index in [1.54, 1.807) is 0 Å². The van der Waals surface area contributed by atoms with Crippen LogP contribution in [0.2, 0.25) is 0 Å². The van der Waals surface area contributed by atoms with Crippen molar-refractivity contribution in [2.75, 3.05) is 5.73 Å². The van der Waals surface area contributed by atoms with Crippen molar-refractivity contribution in [1.29, 1.82) is 0 Å². The maximum Gasteiger partial charge on any atom is 0.0702 e. The first kappa shape index (κ1) is 10.6. The third-order valence-electron chi connectivity index (χ3n) is 3.82. The van der Waals surface area contributed by atoms with Gasteiger partial charge >= 0.3 is 0 Å². The fourth-order valence-electron chi connectivity index (χ4n) is 2.85. The lowest BCUT2D eigenvalue weighted by Crippen LogP contribution is -2.14. The van der Waals surface area contributed by atoms with E-state index in [9.17, 15) is 0 Å². The number of benzene rings is 1. The van der Waals surface area contributed by atoms with Crippen LogP contribution in [-0.2, 0) is 6.54 Å². The summed E-state index contributed by atoms with van der Waals surface area (Å²) < 4.78 is 2.13. The average Bonchev–Trinajstić information content (AvgIpc) is 2.73. The summed E-state index contributed by atoms with van der Waals surface area (Å²) in [5.74, 6) is 0.799. The van der Waals surface area contributed by atoms with Crippen LogP contribution >= 0.6 is 0 Å². The summed E-state index contributed by atoms with van der Waals surface area (Å²) in [5.41, 5.74) is 7.84. The molecule has 2 aromatic rings. The van der Waals surface area contributed by atoms with Gasteiger partial charge in [-0.1, -0.05) is 19.3 Å². The van der Waals surface area contributed by atoms with Crippen LogP contribution in [0.25, 0.3) is 10.9 Å². The average molecular weight is 229 g/mol. The molecule has 0 amide bonds. The van der Waals surface area contributed by atoms with E-state index in [4.69, 9.17) is 5.73 Å². The molecule has 0 atom stereocenters. The van der Waals surface area contributed by atoms with E-state index in [0.717, 1.165) is 18.2 Å². The van der Waals surface area contributed by atoms with Crippen molar-refractivity contribution in [3.8, 4) is 0 Å². The molecule has 0 unspecified atom stereocenters. The lowest BCUT2D eigenvalue weighted by atomic mass is 9.89. The van der Waals surface area contributed by atoms with E-state index in [-0.39, 0.29) is 0 Å². The second-order valence-electron chi connectivity index (χ2n) is 5.15. The number of fused-ring (bicyclic) bond motifs is 1. The molecule has 17 heavy (non-hydrogen) atoms. The molecule has 0 bridgehead atoms. The van der Waals surface area contributed by atoms with Gasteiger partial charge in [-0.05, 0) is 37.0 Å². The molecule has 3 nitrogen and oxygen atoms in total. The maximum atomic E-state index is 5.84. The quantitative estimate of drug-likeness (QED) is 0.804. The van der Waals surface area contributed by atoms with E-state index in [0.29, 0.717) is 0 Å². The first-order valence-electron chi connectivity index (χ1n) is 6.54. The van der Waals surface area contributed by atoms with Crippen LogP contribution in [0.4, 0.5) is 5.69 Å². The van der Waals surface area contributed by atoms with Gasteiger partial charge in [0.15, 0.2) is 0 Å². The highest BCUT2D eigenvalue weighted by molar-refractivity contribution is 5.81. The normalized spacial score (nSPS) is 17.6. The Morgan fingerprint density at radius 3 is 2.88 bits per heavy atom. The Labute approximate surface area is 102 Å². The Kier molecular flexibility index (Phi) is 2.75. The molecule has 1 fully saturated rings. The fourth-order valence-corrected chi connectivity index (χ4v) is 2.85. The standard InChI is InChI=1S/C14H19N3/c15-13-7-6-12-9-16-17(14(12)8-13)10-11-4-2-1-3-5-11/h6-9,11H,1-5,10,15H2. The first-order chi connectivity index (χ1) is 8.33. The molecular formula is C14H19N3. The zero-order valence-electron chi connectivity index (χ0n) is 10.1. The maximum absolute atomic E-state index is 5.84. The number of nitrogens with zero attached hydrogens (tertiary/aromatic N) is 2. The van der Waals surface area contributed by atoms with Gasteiger partial charge in [-0.25, -0.2) is 0 Å². The number of hydrogen-bond donors (Lipinski definition) is 1. The van der Waals surface area contributed by atoms with Gasteiger partial charge in [-0.15, -0.1) is 0 Å². The second kappa shape index (κ2) is 4.40. The van der Waals surface area contributed by atoms with Gasteiger partial charge in [-0.2, -0.15) is 5.10 Å². The van der Waals surface area contributed by atoms with Crippen LogP contribution in [0.1, 0.15) is 32.1 Å². The van der Waals surface area contributed by atoms with Gasteiger partial charge in [0.25, 0.3) is 0 Å². The monoisotopic (exact) mass is 229 g/mol. The minimum absolute atomic E-state index is 0.799. The van der Waals surface area contributed by atoms with E-state index in [1.807, 2.05) is 18.3 Å². The number of hydrogen-bond acceptors (Lipinski definition) is 2. The predicted octanol–water partition coefficient (Wildman–Crippen LogP) is 3.20. The molecule has 0 radical (unpaired) electrons. The van der Waals surface area contributed by atoms with E-state index in [1.165, 1.54) is 43.0 Å². The highest BCUT2D eigenvalue weighted by Gasteiger charge is 2.15. The molecule has 90 valence electrons. The molecule has 3 rings (SSSR count). The Morgan fingerprint density at radius 2 is 2.06 bits per heavy atom. The summed E-state index contributed by atoms with van der Waals surface area (Å²) >= 11 is 0. The molecule has 1 aliphatic carbocycles. The van der Waals surface area contributed by atoms with E-state index >= 15 is 0 Å². The molecule has 0 aliphatic heterocycles. The highest BCUT2D eigenvalue weighted by Crippen LogP contribution is 2.26. The summed E-state index contributed by atoms with van der Waals surface area (Å²) in [6.07, 6.45) is 8.81. The molecule has 1 aromatic carbocycles. The molecular weight excluding hydrogens is 210 g/mol. The first-order valence-corrected chi connectivity index (χ1v) is 6.54. The minimum atomic E-state index is 0.799. The van der Waals surface area contributed by atoms with Gasteiger partial charge in [-0.3, -0.25) is 4.68 Å². The number of rotatable bonds is 2. The summed E-state index contributed by atoms with van der Waals surface area (Å²) in [6.45, 7) is 1.05. The zero-order chi connectivity index (χ0) is 11.7. The fraction of sp³-hybridized carbons (Fsp3) is 0.500. The van der Waals surface area contributed by atoms with Crippen molar-refractivity contribution in [2.24, 2.45) is 5.92 Å². The van der Waals surface area contributed by atoms with Crippen LogP contribution in [-0.4, -0.2) is 9.78 Å². The molecule has 2 N–H and O–H groups in total. The molecule has 1 aromatic heterocycles. The van der Waals surface area contributed by atoms with Crippen LogP contribution in [0.3, 0.4) is 0 Å². The smallest absolute Gasteiger partial charge is 0.0702 e. The highest BCUT2D eigenvalue weighted by atomic mass is 15.3. The summed E-state index contributed by atoms with van der Waals surface area (Å²) in [4.78, 5) is 0. The van der Waals surface area contributed by atoms with Gasteiger partial charge in [0.05, 0.1) is 11.7 Å². The lowest BCUT2D eigenvalue weighted by Gasteiger charge is -2.21. The molecule has 1 aliphatic rings. The Hall–Kier alpha value is -1.51. The van der Waals surface area contributed by atoms with Gasteiger partial charge in [0.1, 0.15) is 0 Å². The lowest BCUT2D eigenvalue weighted by molar-refractivity contribution is 0.312. The van der Waals surface area contributed by atoms with Crippen molar-refractivity contribution in [3.63, 3.8) is 0 Å². The molecule has 3 heteroatoms. The Bertz CT molecular complexity index is 509. The minimum Gasteiger partial charge on any atom is -0.399 e. The van der Waals surface area contributed by atoms with Crippen molar-refractivity contribution < 1.29 is 0 Å². The Morgan fingerprint density at radius 1 is 1.24 bits per heavy atom. The van der Waals surface area contributed by atoms with Crippen LogP contribution in [0.5, 0.6) is 0 Å². The number of nitrogens with two attached hydrogens (primary N) is 1. The number of nitrogen functional groups attached to an aromatic ring is 1. The van der Waals surface area contributed by atoms with Crippen molar-refractivity contribution in [1.82, 2.24) is 9.78 Å². The topological polar surface area (TPSA) is 43.8 Å². The molecule has 1 saturated carbocycles. The Balaban J connectivity index is 1.86. The van der Waals surface area contributed by atoms with Gasteiger partial charge < -0.3 is 5.73 Å². The summed E-state index contributed by atoms with van der Waals surface area (Å²) in [6, 6.07) is 6.02. The van der Waals surface area contributed by atoms with Gasteiger partial charge in [0, 0.05) is 17.6 Å². The molecule has 0 spiro atoms. The van der Waals surface area contributed by atoms with Crippen LogP contribution in [0, 0.1) is 5.92 Å². The summed E-state index contributed by atoms with van der Waals surface area (Å²) in [7, 11) is 0. The van der Waals surface area contributed by atoms with E-state index in [2.05, 4.69) is 15.8 Å². The largest absolute Gasteiger partial charge is 0.399 e. The van der Waals surface area contributed by atoms with Crippen LogP contribution in [0.15, 0.2) is 24.4 Å². The van der Waals surface area contributed by atoms with Crippen LogP contribution < -0.4 is 5.73 Å². The molecule has 1 heterocycles. The van der Waals surface area contributed by atoms with Crippen molar-refractivity contribution >= 4 is 16.6 Å². The second-order valence-corrected chi connectivity index (χ2v) is 5.15. The molecule has 0 saturated heterocycles. The zero-order valence-corrected chi connectivity index (χ0v) is 10.1.